The average molecular weight is 310 g/mol. The van der Waals surface area contributed by atoms with Crippen LogP contribution < -0.4 is 4.74 Å². The summed E-state index contributed by atoms with van der Waals surface area (Å²) >= 11 is 5.94. The maximum atomic E-state index is 12.7. The number of likely N-dealkylation sites (tertiary alicyclic amines) is 1. The third kappa shape index (κ3) is 2.87. The fraction of sp³-hybridized carbons (Fsp3) is 0.562. The fourth-order valence-electron chi connectivity index (χ4n) is 3.15. The summed E-state index contributed by atoms with van der Waals surface area (Å²) in [5.74, 6) is 0.658. The highest BCUT2D eigenvalue weighted by Crippen LogP contribution is 2.45. The van der Waals surface area contributed by atoms with Crippen molar-refractivity contribution < 1.29 is 14.6 Å². The largest absolute Gasteiger partial charge is 0.496 e. The third-order valence-electron chi connectivity index (χ3n) is 4.62. The maximum Gasteiger partial charge on any atom is 0.257 e. The van der Waals surface area contributed by atoms with Crippen molar-refractivity contribution in [1.29, 1.82) is 0 Å². The van der Waals surface area contributed by atoms with E-state index in [1.807, 2.05) is 4.90 Å². The number of rotatable bonds is 3. The molecule has 1 amide bonds. The van der Waals surface area contributed by atoms with Gasteiger partial charge in [-0.15, -0.1) is 0 Å². The highest BCUT2D eigenvalue weighted by molar-refractivity contribution is 6.30. The van der Waals surface area contributed by atoms with Crippen LogP contribution in [-0.4, -0.2) is 41.7 Å². The summed E-state index contributed by atoms with van der Waals surface area (Å²) < 4.78 is 5.26. The molecule has 0 radical (unpaired) electrons. The lowest BCUT2D eigenvalue weighted by Gasteiger charge is -2.35. The second-order valence-electron chi connectivity index (χ2n) is 6.04. The van der Waals surface area contributed by atoms with Crippen LogP contribution in [0, 0.1) is 5.92 Å². The number of methoxy groups -OCH3 is 1. The summed E-state index contributed by atoms with van der Waals surface area (Å²) in [5.41, 5.74) is 0.00795. The van der Waals surface area contributed by atoms with Crippen molar-refractivity contribution in [2.75, 3.05) is 20.2 Å². The van der Waals surface area contributed by atoms with Gasteiger partial charge in [-0.25, -0.2) is 0 Å². The summed E-state index contributed by atoms with van der Waals surface area (Å²) in [6.45, 7) is 1.36. The van der Waals surface area contributed by atoms with Gasteiger partial charge in [0.05, 0.1) is 18.3 Å². The van der Waals surface area contributed by atoms with E-state index in [0.717, 1.165) is 32.2 Å². The number of benzene rings is 1. The Labute approximate surface area is 129 Å². The number of hydrogen-bond donors (Lipinski definition) is 1. The monoisotopic (exact) mass is 309 g/mol. The lowest BCUT2D eigenvalue weighted by Crippen LogP contribution is -2.44. The lowest BCUT2D eigenvalue weighted by atomic mass is 9.90. The fourth-order valence-corrected chi connectivity index (χ4v) is 3.31. The number of hydrogen-bond acceptors (Lipinski definition) is 3. The molecule has 1 saturated heterocycles. The summed E-state index contributed by atoms with van der Waals surface area (Å²) in [7, 11) is 1.54. The molecule has 1 aliphatic carbocycles. The molecule has 4 nitrogen and oxygen atoms in total. The van der Waals surface area contributed by atoms with Crippen molar-refractivity contribution in [1.82, 2.24) is 4.90 Å². The molecule has 5 heteroatoms. The summed E-state index contributed by atoms with van der Waals surface area (Å²) in [4.78, 5) is 14.5. The van der Waals surface area contributed by atoms with Gasteiger partial charge in [0.1, 0.15) is 5.75 Å². The molecule has 1 atom stereocenters. The standard InChI is InChI=1S/C16H20ClNO3/c1-21-14-9-12(17)4-5-13(14)15(19)18-8-2-3-11(10-18)16(20)6-7-16/h4-5,9,11,20H,2-3,6-8,10H2,1H3. The SMILES string of the molecule is COc1cc(Cl)ccc1C(=O)N1CCCC(C2(O)CC2)C1. The van der Waals surface area contributed by atoms with Crippen LogP contribution in [0.2, 0.25) is 5.02 Å². The van der Waals surface area contributed by atoms with E-state index in [1.54, 1.807) is 18.2 Å². The molecule has 2 fully saturated rings. The number of halogens is 1. The molecule has 3 rings (SSSR count). The van der Waals surface area contributed by atoms with Gasteiger partial charge in [-0.3, -0.25) is 4.79 Å². The average Bonchev–Trinajstić information content (AvgIpc) is 3.26. The summed E-state index contributed by atoms with van der Waals surface area (Å²) in [5, 5.41) is 10.8. The molecule has 1 heterocycles. The molecule has 0 spiro atoms. The topological polar surface area (TPSA) is 49.8 Å². The first kappa shape index (κ1) is 14.7. The van der Waals surface area contributed by atoms with E-state index >= 15 is 0 Å². The van der Waals surface area contributed by atoms with Crippen LogP contribution in [0.3, 0.4) is 0 Å². The van der Waals surface area contributed by atoms with Gasteiger partial charge in [0.15, 0.2) is 0 Å². The minimum Gasteiger partial charge on any atom is -0.496 e. The Hall–Kier alpha value is -1.26. The number of amides is 1. The molecule has 1 aromatic carbocycles. The molecule has 0 bridgehead atoms. The Kier molecular flexibility index (Phi) is 3.84. The van der Waals surface area contributed by atoms with E-state index in [1.165, 1.54) is 7.11 Å². The van der Waals surface area contributed by atoms with Crippen LogP contribution in [0.15, 0.2) is 18.2 Å². The molecule has 1 aromatic rings. The van der Waals surface area contributed by atoms with Crippen LogP contribution >= 0.6 is 11.6 Å². The summed E-state index contributed by atoms with van der Waals surface area (Å²) in [6.07, 6.45) is 3.67. The normalized spacial score (nSPS) is 23.8. The first-order valence-electron chi connectivity index (χ1n) is 7.39. The molecule has 1 saturated carbocycles. The van der Waals surface area contributed by atoms with E-state index in [9.17, 15) is 9.90 Å². The van der Waals surface area contributed by atoms with Gasteiger partial charge in [0, 0.05) is 24.0 Å². The van der Waals surface area contributed by atoms with E-state index in [0.29, 0.717) is 22.9 Å². The van der Waals surface area contributed by atoms with Crippen molar-refractivity contribution in [3.63, 3.8) is 0 Å². The Bertz CT molecular complexity index is 556. The molecule has 1 N–H and O–H groups in total. The number of aliphatic hydroxyl groups is 1. The molecule has 2 aliphatic rings. The smallest absolute Gasteiger partial charge is 0.257 e. The number of nitrogens with zero attached hydrogens (tertiary/aromatic N) is 1. The Balaban J connectivity index is 1.78. The van der Waals surface area contributed by atoms with Gasteiger partial charge in [0.2, 0.25) is 0 Å². The number of piperidine rings is 1. The van der Waals surface area contributed by atoms with Crippen LogP contribution in [0.4, 0.5) is 0 Å². The summed E-state index contributed by atoms with van der Waals surface area (Å²) in [6, 6.07) is 5.07. The maximum absolute atomic E-state index is 12.7. The predicted octanol–water partition coefficient (Wildman–Crippen LogP) is 2.73. The predicted molar refractivity (Wildman–Crippen MR) is 80.8 cm³/mol. The molecule has 1 aliphatic heterocycles. The van der Waals surface area contributed by atoms with Gasteiger partial charge in [-0.1, -0.05) is 11.6 Å². The zero-order valence-corrected chi connectivity index (χ0v) is 12.9. The molecule has 0 aromatic heterocycles. The molecular weight excluding hydrogens is 290 g/mol. The van der Waals surface area contributed by atoms with E-state index < -0.39 is 5.60 Å². The van der Waals surface area contributed by atoms with Crippen molar-refractivity contribution in [2.45, 2.75) is 31.3 Å². The Morgan fingerprint density at radius 3 is 2.90 bits per heavy atom. The Morgan fingerprint density at radius 2 is 2.24 bits per heavy atom. The number of carbonyl (C=O) groups excluding carboxylic acids is 1. The van der Waals surface area contributed by atoms with Crippen LogP contribution in [0.25, 0.3) is 0 Å². The zero-order chi connectivity index (χ0) is 15.0. The first-order valence-corrected chi connectivity index (χ1v) is 7.76. The third-order valence-corrected chi connectivity index (χ3v) is 4.86. The van der Waals surface area contributed by atoms with Crippen molar-refractivity contribution in [3.05, 3.63) is 28.8 Å². The highest BCUT2D eigenvalue weighted by atomic mass is 35.5. The highest BCUT2D eigenvalue weighted by Gasteiger charge is 2.49. The van der Waals surface area contributed by atoms with Gasteiger partial charge >= 0.3 is 0 Å². The Morgan fingerprint density at radius 1 is 1.48 bits per heavy atom. The van der Waals surface area contributed by atoms with Crippen molar-refractivity contribution in [3.8, 4) is 5.75 Å². The van der Waals surface area contributed by atoms with Gasteiger partial charge in [-0.05, 0) is 43.9 Å². The van der Waals surface area contributed by atoms with Gasteiger partial charge in [0.25, 0.3) is 5.91 Å². The second kappa shape index (κ2) is 5.50. The van der Waals surface area contributed by atoms with E-state index in [4.69, 9.17) is 16.3 Å². The molecular formula is C16H20ClNO3. The van der Waals surface area contributed by atoms with Gasteiger partial charge < -0.3 is 14.7 Å². The molecule has 21 heavy (non-hydrogen) atoms. The number of carbonyl (C=O) groups is 1. The minimum absolute atomic E-state index is 0.0440. The van der Waals surface area contributed by atoms with Crippen LogP contribution in [0.5, 0.6) is 5.75 Å². The van der Waals surface area contributed by atoms with Crippen LogP contribution in [0.1, 0.15) is 36.0 Å². The molecule has 114 valence electrons. The van der Waals surface area contributed by atoms with Crippen LogP contribution in [-0.2, 0) is 0 Å². The number of ether oxygens (including phenoxy) is 1. The van der Waals surface area contributed by atoms with Gasteiger partial charge in [-0.2, -0.15) is 0 Å². The minimum atomic E-state index is -0.525. The second-order valence-corrected chi connectivity index (χ2v) is 6.47. The van der Waals surface area contributed by atoms with E-state index in [2.05, 4.69) is 0 Å². The van der Waals surface area contributed by atoms with Crippen molar-refractivity contribution in [2.24, 2.45) is 5.92 Å². The molecule has 1 unspecified atom stereocenters. The van der Waals surface area contributed by atoms with E-state index in [-0.39, 0.29) is 11.8 Å². The quantitative estimate of drug-likeness (QED) is 0.934. The lowest BCUT2D eigenvalue weighted by molar-refractivity contribution is 0.0281. The van der Waals surface area contributed by atoms with Crippen molar-refractivity contribution >= 4 is 17.5 Å². The zero-order valence-electron chi connectivity index (χ0n) is 12.1. The first-order chi connectivity index (χ1) is 10.0.